The van der Waals surface area contributed by atoms with Crippen molar-refractivity contribution in [2.45, 2.75) is 46.6 Å². The van der Waals surface area contributed by atoms with Crippen LogP contribution in [0.15, 0.2) is 33.2 Å². The molecule has 0 amide bonds. The van der Waals surface area contributed by atoms with E-state index in [9.17, 15) is 25.3 Å². The van der Waals surface area contributed by atoms with Gasteiger partial charge in [-0.05, 0) is 32.4 Å². The first-order valence-corrected chi connectivity index (χ1v) is 9.55. The molecule has 0 saturated carbocycles. The van der Waals surface area contributed by atoms with Gasteiger partial charge in [-0.25, -0.2) is 0 Å². The van der Waals surface area contributed by atoms with Crippen LogP contribution >= 0.6 is 0 Å². The van der Waals surface area contributed by atoms with Crippen molar-refractivity contribution in [2.75, 3.05) is 6.61 Å². The molecule has 0 aliphatic rings. The maximum absolute atomic E-state index is 12.8. The first-order chi connectivity index (χ1) is 14.3. The van der Waals surface area contributed by atoms with Crippen LogP contribution < -0.4 is 10.3 Å². The molecular weight excluding hydrogens is 390 g/mol. The number of hydrogen-bond donors (Lipinski definition) is 1. The highest BCUT2D eigenvalue weighted by Gasteiger charge is 2.20. The molecule has 10 nitrogen and oxygen atoms in total. The molecule has 2 aromatic rings. The molecule has 158 valence electrons. The van der Waals surface area contributed by atoms with Gasteiger partial charge in [0.15, 0.2) is 11.4 Å². The van der Waals surface area contributed by atoms with Gasteiger partial charge in [-0.15, -0.1) is 10.2 Å². The van der Waals surface area contributed by atoms with E-state index in [1.165, 1.54) is 25.1 Å². The number of aromatic nitrogens is 1. The van der Waals surface area contributed by atoms with Gasteiger partial charge in [0.2, 0.25) is 5.88 Å². The van der Waals surface area contributed by atoms with E-state index in [-0.39, 0.29) is 34.7 Å². The van der Waals surface area contributed by atoms with E-state index >= 15 is 0 Å². The maximum Gasteiger partial charge on any atom is 0.300 e. The van der Waals surface area contributed by atoms with Crippen molar-refractivity contribution in [3.05, 3.63) is 49.8 Å². The predicted molar refractivity (Wildman–Crippen MR) is 110 cm³/mol. The number of nitrogens with zero attached hydrogens (tertiary/aromatic N) is 5. The molecule has 2 rings (SSSR count). The van der Waals surface area contributed by atoms with Crippen LogP contribution in [-0.2, 0) is 6.54 Å². The third-order valence-corrected chi connectivity index (χ3v) is 4.47. The van der Waals surface area contributed by atoms with Crippen LogP contribution in [0.25, 0.3) is 0 Å². The summed E-state index contributed by atoms with van der Waals surface area (Å²) < 4.78 is 6.35. The lowest BCUT2D eigenvalue weighted by atomic mass is 10.1. The zero-order chi connectivity index (χ0) is 22.3. The standard InChI is InChI=1S/C20H23N5O5/c1-4-6-7-10-24-19(26)15(12-21)13(3)18(20(24)27)23-22-16-9-8-14(30-5-2)11-17(16)25(28)29/h8-9,11,26H,4-7,10H2,1-3H3. The Balaban J connectivity index is 2.56. The molecule has 1 N–H and O–H groups in total. The van der Waals surface area contributed by atoms with E-state index in [4.69, 9.17) is 4.74 Å². The van der Waals surface area contributed by atoms with Gasteiger partial charge in [0.1, 0.15) is 17.4 Å². The number of nitro groups is 1. The molecule has 0 fully saturated rings. The van der Waals surface area contributed by atoms with Crippen molar-refractivity contribution in [1.82, 2.24) is 4.57 Å². The number of nitriles is 1. The van der Waals surface area contributed by atoms with Crippen LogP contribution in [0.1, 0.15) is 44.2 Å². The molecule has 30 heavy (non-hydrogen) atoms. The summed E-state index contributed by atoms with van der Waals surface area (Å²) in [6.07, 6.45) is 2.40. The summed E-state index contributed by atoms with van der Waals surface area (Å²) in [6.45, 7) is 5.79. The van der Waals surface area contributed by atoms with Crippen molar-refractivity contribution >= 4 is 17.1 Å². The third kappa shape index (κ3) is 4.81. The summed E-state index contributed by atoms with van der Waals surface area (Å²) in [6, 6.07) is 5.98. The molecule has 0 saturated heterocycles. The van der Waals surface area contributed by atoms with Crippen LogP contribution in [0.2, 0.25) is 0 Å². The molecule has 1 heterocycles. The van der Waals surface area contributed by atoms with Gasteiger partial charge in [0.25, 0.3) is 11.2 Å². The van der Waals surface area contributed by atoms with Crippen molar-refractivity contribution < 1.29 is 14.8 Å². The SMILES string of the molecule is CCCCCn1c(O)c(C#N)c(C)c(N=Nc2ccc(OCC)cc2[N+](=O)[O-])c1=O. The minimum atomic E-state index is -0.621. The largest absolute Gasteiger partial charge is 0.494 e. The number of rotatable bonds is 9. The Bertz CT molecular complexity index is 1070. The lowest BCUT2D eigenvalue weighted by Crippen LogP contribution is -2.22. The normalized spacial score (nSPS) is 10.9. The van der Waals surface area contributed by atoms with Crippen LogP contribution in [0.4, 0.5) is 17.1 Å². The molecule has 1 aromatic heterocycles. The van der Waals surface area contributed by atoms with Crippen molar-refractivity contribution in [2.24, 2.45) is 10.2 Å². The maximum atomic E-state index is 12.8. The van der Waals surface area contributed by atoms with Gasteiger partial charge in [-0.3, -0.25) is 19.5 Å². The Hall–Kier alpha value is -3.74. The van der Waals surface area contributed by atoms with Crippen molar-refractivity contribution in [3.8, 4) is 17.7 Å². The molecule has 1 aromatic carbocycles. The van der Waals surface area contributed by atoms with Crippen molar-refractivity contribution in [3.63, 3.8) is 0 Å². The lowest BCUT2D eigenvalue weighted by molar-refractivity contribution is -0.384. The van der Waals surface area contributed by atoms with Crippen LogP contribution in [0.3, 0.4) is 0 Å². The van der Waals surface area contributed by atoms with Crippen LogP contribution in [0.5, 0.6) is 11.6 Å². The minimum Gasteiger partial charge on any atom is -0.494 e. The average Bonchev–Trinajstić information content (AvgIpc) is 2.71. The summed E-state index contributed by atoms with van der Waals surface area (Å²) in [4.78, 5) is 23.6. The number of unbranched alkanes of at least 4 members (excludes halogenated alkanes) is 2. The van der Waals surface area contributed by atoms with Crippen LogP contribution in [-0.4, -0.2) is 21.2 Å². The van der Waals surface area contributed by atoms with Crippen LogP contribution in [0, 0.1) is 28.4 Å². The lowest BCUT2D eigenvalue weighted by Gasteiger charge is -2.12. The van der Waals surface area contributed by atoms with Gasteiger partial charge in [0.05, 0.1) is 17.6 Å². The first-order valence-electron chi connectivity index (χ1n) is 9.55. The molecule has 0 aliphatic carbocycles. The molecule has 0 bridgehead atoms. The Morgan fingerprint density at radius 1 is 1.30 bits per heavy atom. The molecular formula is C20H23N5O5. The fourth-order valence-corrected chi connectivity index (χ4v) is 2.88. The summed E-state index contributed by atoms with van der Waals surface area (Å²) in [5, 5.41) is 38.9. The quantitative estimate of drug-likeness (QED) is 0.274. The molecule has 0 radical (unpaired) electrons. The van der Waals surface area contributed by atoms with Gasteiger partial charge < -0.3 is 9.84 Å². The topological polar surface area (TPSA) is 143 Å². The minimum absolute atomic E-state index is 0.0635. The molecule has 0 atom stereocenters. The number of aromatic hydroxyl groups is 1. The number of ether oxygens (including phenoxy) is 1. The summed E-state index contributed by atoms with van der Waals surface area (Å²) in [5.41, 5.74) is -1.08. The Labute approximate surface area is 173 Å². The first kappa shape index (κ1) is 22.5. The number of benzene rings is 1. The smallest absolute Gasteiger partial charge is 0.300 e. The highest BCUT2D eigenvalue weighted by Crippen LogP contribution is 2.33. The number of azo groups is 1. The molecule has 0 spiro atoms. The van der Waals surface area contributed by atoms with Gasteiger partial charge in [-0.1, -0.05) is 19.8 Å². The summed E-state index contributed by atoms with van der Waals surface area (Å²) in [5.74, 6) is -0.101. The fraction of sp³-hybridized carbons (Fsp3) is 0.400. The van der Waals surface area contributed by atoms with E-state index < -0.39 is 16.4 Å². The molecule has 0 aliphatic heterocycles. The Morgan fingerprint density at radius 2 is 2.03 bits per heavy atom. The second-order valence-electron chi connectivity index (χ2n) is 6.49. The zero-order valence-corrected chi connectivity index (χ0v) is 17.1. The molecule has 0 unspecified atom stereocenters. The van der Waals surface area contributed by atoms with E-state index in [2.05, 4.69) is 10.2 Å². The second kappa shape index (κ2) is 10.2. The van der Waals surface area contributed by atoms with Gasteiger partial charge in [0, 0.05) is 12.1 Å². The number of pyridine rings is 1. The highest BCUT2D eigenvalue weighted by molar-refractivity contribution is 5.61. The van der Waals surface area contributed by atoms with Gasteiger partial charge >= 0.3 is 0 Å². The Morgan fingerprint density at radius 3 is 2.63 bits per heavy atom. The average molecular weight is 413 g/mol. The van der Waals surface area contributed by atoms with E-state index in [1.807, 2.05) is 13.0 Å². The monoisotopic (exact) mass is 413 g/mol. The second-order valence-corrected chi connectivity index (χ2v) is 6.49. The molecule has 10 heteroatoms. The summed E-state index contributed by atoms with van der Waals surface area (Å²) in [7, 11) is 0. The summed E-state index contributed by atoms with van der Waals surface area (Å²) >= 11 is 0. The zero-order valence-electron chi connectivity index (χ0n) is 17.1. The third-order valence-electron chi connectivity index (χ3n) is 4.47. The predicted octanol–water partition coefficient (Wildman–Crippen LogP) is 4.65. The van der Waals surface area contributed by atoms with E-state index in [0.29, 0.717) is 18.8 Å². The van der Waals surface area contributed by atoms with E-state index in [0.717, 1.165) is 17.4 Å². The van der Waals surface area contributed by atoms with Gasteiger partial charge in [-0.2, -0.15) is 5.26 Å². The fourth-order valence-electron chi connectivity index (χ4n) is 2.88. The van der Waals surface area contributed by atoms with E-state index in [1.54, 1.807) is 6.92 Å². The number of nitro benzene ring substituents is 1. The highest BCUT2D eigenvalue weighted by atomic mass is 16.6. The Kier molecular flexibility index (Phi) is 7.63. The van der Waals surface area contributed by atoms with Crippen molar-refractivity contribution in [1.29, 1.82) is 5.26 Å². The number of hydrogen-bond acceptors (Lipinski definition) is 8.